The van der Waals surface area contributed by atoms with Gasteiger partial charge in [0.05, 0.1) is 0 Å². The Morgan fingerprint density at radius 3 is 2.70 bits per heavy atom. The lowest BCUT2D eigenvalue weighted by atomic mass is 9.77. The van der Waals surface area contributed by atoms with Crippen LogP contribution in [0.3, 0.4) is 0 Å². The SMILES string of the molecule is CCC1(CO)CCN(C(=O)c2ccc3c(c2)CCC(=O)N3)CC1. The minimum Gasteiger partial charge on any atom is -0.396 e. The van der Waals surface area contributed by atoms with Gasteiger partial charge in [0.15, 0.2) is 0 Å². The van der Waals surface area contributed by atoms with Crippen LogP contribution in [0.1, 0.15) is 48.5 Å². The fourth-order valence-electron chi connectivity index (χ4n) is 3.51. The first-order valence-corrected chi connectivity index (χ1v) is 8.40. The Morgan fingerprint density at radius 2 is 2.04 bits per heavy atom. The molecule has 0 spiro atoms. The van der Waals surface area contributed by atoms with Crippen LogP contribution in [-0.2, 0) is 11.2 Å². The second-order valence-corrected chi connectivity index (χ2v) is 6.72. The average Bonchev–Trinajstić information content (AvgIpc) is 2.60. The van der Waals surface area contributed by atoms with Gasteiger partial charge in [-0.25, -0.2) is 0 Å². The Labute approximate surface area is 136 Å². The molecule has 2 amide bonds. The third kappa shape index (κ3) is 3.11. The summed E-state index contributed by atoms with van der Waals surface area (Å²) >= 11 is 0. The molecule has 0 radical (unpaired) electrons. The maximum absolute atomic E-state index is 12.7. The number of hydrogen-bond donors (Lipinski definition) is 2. The summed E-state index contributed by atoms with van der Waals surface area (Å²) in [6, 6.07) is 5.53. The summed E-state index contributed by atoms with van der Waals surface area (Å²) in [5.41, 5.74) is 2.53. The maximum atomic E-state index is 12.7. The van der Waals surface area contributed by atoms with Crippen LogP contribution in [-0.4, -0.2) is 41.5 Å². The fourth-order valence-corrected chi connectivity index (χ4v) is 3.51. The minimum atomic E-state index is -0.0170. The molecule has 1 aromatic carbocycles. The van der Waals surface area contributed by atoms with Gasteiger partial charge in [-0.3, -0.25) is 9.59 Å². The molecule has 0 aromatic heterocycles. The number of likely N-dealkylation sites (tertiary alicyclic amines) is 1. The molecule has 5 nitrogen and oxygen atoms in total. The highest BCUT2D eigenvalue weighted by atomic mass is 16.3. The molecule has 124 valence electrons. The zero-order valence-electron chi connectivity index (χ0n) is 13.6. The van der Waals surface area contributed by atoms with Gasteiger partial charge in [0, 0.05) is 37.4 Å². The van der Waals surface area contributed by atoms with E-state index in [0.717, 1.165) is 30.5 Å². The predicted octanol–water partition coefficient (Wildman–Crippen LogP) is 2.20. The Balaban J connectivity index is 1.71. The van der Waals surface area contributed by atoms with Crippen molar-refractivity contribution in [3.05, 3.63) is 29.3 Å². The van der Waals surface area contributed by atoms with E-state index in [0.29, 0.717) is 31.5 Å². The lowest BCUT2D eigenvalue weighted by Crippen LogP contribution is -2.44. The number of aliphatic hydroxyl groups is 1. The second-order valence-electron chi connectivity index (χ2n) is 6.72. The summed E-state index contributed by atoms with van der Waals surface area (Å²) in [6.45, 7) is 3.69. The second kappa shape index (κ2) is 6.32. The summed E-state index contributed by atoms with van der Waals surface area (Å²) in [7, 11) is 0. The van der Waals surface area contributed by atoms with E-state index in [1.807, 2.05) is 17.0 Å². The third-order valence-corrected chi connectivity index (χ3v) is 5.44. The van der Waals surface area contributed by atoms with Crippen molar-refractivity contribution in [3.63, 3.8) is 0 Å². The number of amides is 2. The van der Waals surface area contributed by atoms with Gasteiger partial charge in [-0.2, -0.15) is 0 Å². The zero-order valence-corrected chi connectivity index (χ0v) is 13.6. The summed E-state index contributed by atoms with van der Waals surface area (Å²) < 4.78 is 0. The maximum Gasteiger partial charge on any atom is 0.253 e. The van der Waals surface area contributed by atoms with Crippen LogP contribution in [0.15, 0.2) is 18.2 Å². The number of aliphatic hydroxyl groups excluding tert-OH is 1. The number of nitrogens with zero attached hydrogens (tertiary/aromatic N) is 1. The molecule has 2 aliphatic heterocycles. The molecule has 0 bridgehead atoms. The van der Waals surface area contributed by atoms with Crippen LogP contribution in [0.4, 0.5) is 5.69 Å². The number of carbonyl (C=O) groups is 2. The van der Waals surface area contributed by atoms with Crippen molar-refractivity contribution < 1.29 is 14.7 Å². The first kappa shape index (κ1) is 16.0. The summed E-state index contributed by atoms with van der Waals surface area (Å²) in [4.78, 5) is 26.0. The van der Waals surface area contributed by atoms with Crippen LogP contribution in [0.5, 0.6) is 0 Å². The highest BCUT2D eigenvalue weighted by Crippen LogP contribution is 2.34. The van der Waals surface area contributed by atoms with Crippen molar-refractivity contribution in [1.82, 2.24) is 4.90 Å². The summed E-state index contributed by atoms with van der Waals surface area (Å²) in [5, 5.41) is 12.4. The number of rotatable bonds is 3. The normalized spacial score (nSPS) is 19.9. The minimum absolute atomic E-state index is 0.0170. The molecule has 0 unspecified atom stereocenters. The number of hydrogen-bond acceptors (Lipinski definition) is 3. The number of carbonyl (C=O) groups excluding carboxylic acids is 2. The van der Waals surface area contributed by atoms with E-state index >= 15 is 0 Å². The molecule has 1 fully saturated rings. The molecule has 23 heavy (non-hydrogen) atoms. The van der Waals surface area contributed by atoms with E-state index in [1.165, 1.54) is 0 Å². The van der Waals surface area contributed by atoms with E-state index < -0.39 is 0 Å². The van der Waals surface area contributed by atoms with E-state index in [9.17, 15) is 14.7 Å². The highest BCUT2D eigenvalue weighted by Gasteiger charge is 2.34. The molecule has 1 aromatic rings. The van der Waals surface area contributed by atoms with Gasteiger partial charge < -0.3 is 15.3 Å². The first-order chi connectivity index (χ1) is 11.1. The molecule has 2 aliphatic rings. The molecule has 0 aliphatic carbocycles. The fraction of sp³-hybridized carbons (Fsp3) is 0.556. The van der Waals surface area contributed by atoms with E-state index in [1.54, 1.807) is 6.07 Å². The smallest absolute Gasteiger partial charge is 0.253 e. The number of nitrogens with one attached hydrogen (secondary N) is 1. The molecule has 1 saturated heterocycles. The lowest BCUT2D eigenvalue weighted by Gasteiger charge is -2.40. The number of piperidine rings is 1. The molecule has 0 atom stereocenters. The third-order valence-electron chi connectivity index (χ3n) is 5.44. The topological polar surface area (TPSA) is 69.6 Å². The Hall–Kier alpha value is -1.88. The predicted molar refractivity (Wildman–Crippen MR) is 88.3 cm³/mol. The lowest BCUT2D eigenvalue weighted by molar-refractivity contribution is -0.116. The molecule has 2 N–H and O–H groups in total. The zero-order chi connectivity index (χ0) is 16.4. The number of fused-ring (bicyclic) bond motifs is 1. The molecule has 5 heteroatoms. The van der Waals surface area contributed by atoms with Crippen molar-refractivity contribution in [1.29, 1.82) is 0 Å². The standard InChI is InChI=1S/C18H24N2O3/c1-2-18(12-21)7-9-20(10-8-18)17(23)14-3-5-15-13(11-14)4-6-16(22)19-15/h3,5,11,21H,2,4,6-10,12H2,1H3,(H,19,22). The molecule has 3 rings (SSSR count). The van der Waals surface area contributed by atoms with Gasteiger partial charge in [0.2, 0.25) is 5.91 Å². The molecule has 2 heterocycles. The van der Waals surface area contributed by atoms with Crippen LogP contribution in [0, 0.1) is 5.41 Å². The van der Waals surface area contributed by atoms with Crippen molar-refractivity contribution in [2.45, 2.75) is 39.0 Å². The molecular weight excluding hydrogens is 292 g/mol. The average molecular weight is 316 g/mol. The summed E-state index contributed by atoms with van der Waals surface area (Å²) in [5.74, 6) is 0.0832. The highest BCUT2D eigenvalue weighted by molar-refractivity contribution is 5.98. The van der Waals surface area contributed by atoms with Gasteiger partial charge in [-0.05, 0) is 54.9 Å². The van der Waals surface area contributed by atoms with Crippen molar-refractivity contribution >= 4 is 17.5 Å². The van der Waals surface area contributed by atoms with Crippen molar-refractivity contribution in [2.75, 3.05) is 25.0 Å². The van der Waals surface area contributed by atoms with Gasteiger partial charge in [-0.15, -0.1) is 0 Å². The van der Waals surface area contributed by atoms with Crippen LogP contribution in [0.2, 0.25) is 0 Å². The van der Waals surface area contributed by atoms with E-state index in [2.05, 4.69) is 12.2 Å². The number of benzene rings is 1. The molecule has 0 saturated carbocycles. The van der Waals surface area contributed by atoms with Crippen LogP contribution in [0.25, 0.3) is 0 Å². The monoisotopic (exact) mass is 316 g/mol. The first-order valence-electron chi connectivity index (χ1n) is 8.40. The van der Waals surface area contributed by atoms with Crippen LogP contribution < -0.4 is 5.32 Å². The van der Waals surface area contributed by atoms with E-state index in [-0.39, 0.29) is 23.8 Å². The largest absolute Gasteiger partial charge is 0.396 e. The van der Waals surface area contributed by atoms with Gasteiger partial charge in [0.25, 0.3) is 5.91 Å². The Bertz CT molecular complexity index is 613. The van der Waals surface area contributed by atoms with Gasteiger partial charge in [0.1, 0.15) is 0 Å². The van der Waals surface area contributed by atoms with Crippen molar-refractivity contribution in [2.24, 2.45) is 5.41 Å². The Morgan fingerprint density at radius 1 is 1.30 bits per heavy atom. The quantitative estimate of drug-likeness (QED) is 0.898. The summed E-state index contributed by atoms with van der Waals surface area (Å²) in [6.07, 6.45) is 3.82. The van der Waals surface area contributed by atoms with Gasteiger partial charge >= 0.3 is 0 Å². The van der Waals surface area contributed by atoms with Crippen LogP contribution >= 0.6 is 0 Å². The number of aryl methyl sites for hydroxylation is 1. The van der Waals surface area contributed by atoms with E-state index in [4.69, 9.17) is 0 Å². The van der Waals surface area contributed by atoms with Gasteiger partial charge in [-0.1, -0.05) is 6.92 Å². The Kier molecular flexibility index (Phi) is 4.39. The van der Waals surface area contributed by atoms with Crippen molar-refractivity contribution in [3.8, 4) is 0 Å². The number of anilines is 1. The molecular formula is C18H24N2O3.